The number of aryl methyl sites for hydroxylation is 2. The molecule has 4 nitrogen and oxygen atoms in total. The lowest BCUT2D eigenvalue weighted by Gasteiger charge is -2.26. The number of fused-ring (bicyclic) bond motifs is 3. The van der Waals surface area contributed by atoms with E-state index in [1.165, 1.54) is 21.9 Å². The normalized spacial score (nSPS) is 11.2. The highest BCUT2D eigenvalue weighted by atomic mass is 15.2. The lowest BCUT2D eigenvalue weighted by molar-refractivity contribution is 1.17. The Hall–Kier alpha value is -7.82. The summed E-state index contributed by atoms with van der Waals surface area (Å²) in [5.41, 5.74) is 15.8. The predicted octanol–water partition coefficient (Wildman–Crippen LogP) is 15.8. The standard InChI is InChI=1S/C56H44N4/c1-41-17-15-27-49(37-41)58(45-23-11-5-12-24-45)51-33-35-55-53(39-51)54-40-52(59(46-25-13-6-14-26-46)50-28-16-18-42(2)38-50)34-36-56(54)60(55)48-31-29-47(30-32-48)57(43-19-7-3-8-20-43)44-21-9-4-10-22-44/h3-40H,1-2H3. The van der Waals surface area contributed by atoms with Crippen molar-refractivity contribution in [3.63, 3.8) is 0 Å². The van der Waals surface area contributed by atoms with Gasteiger partial charge >= 0.3 is 0 Å². The van der Waals surface area contributed by atoms with Gasteiger partial charge in [-0.25, -0.2) is 0 Å². The highest BCUT2D eigenvalue weighted by molar-refractivity contribution is 6.12. The van der Waals surface area contributed by atoms with E-state index >= 15 is 0 Å². The Balaban J connectivity index is 1.18. The van der Waals surface area contributed by atoms with Crippen LogP contribution in [0, 0.1) is 13.8 Å². The zero-order valence-corrected chi connectivity index (χ0v) is 33.7. The van der Waals surface area contributed by atoms with Gasteiger partial charge in [0.05, 0.1) is 11.0 Å². The second kappa shape index (κ2) is 15.8. The van der Waals surface area contributed by atoms with Crippen LogP contribution in [0.4, 0.5) is 51.2 Å². The molecule has 60 heavy (non-hydrogen) atoms. The monoisotopic (exact) mass is 772 g/mol. The average Bonchev–Trinajstić information content (AvgIpc) is 3.61. The third kappa shape index (κ3) is 6.95. The summed E-state index contributed by atoms with van der Waals surface area (Å²) in [6.45, 7) is 4.31. The fraction of sp³-hybridized carbons (Fsp3) is 0.0357. The highest BCUT2D eigenvalue weighted by Crippen LogP contribution is 2.43. The minimum Gasteiger partial charge on any atom is -0.311 e. The summed E-state index contributed by atoms with van der Waals surface area (Å²) >= 11 is 0. The second-order valence-corrected chi connectivity index (χ2v) is 15.3. The molecule has 0 saturated carbocycles. The number of hydrogen-bond donors (Lipinski definition) is 0. The zero-order valence-electron chi connectivity index (χ0n) is 33.7. The Kier molecular flexibility index (Phi) is 9.64. The van der Waals surface area contributed by atoms with Crippen molar-refractivity contribution in [3.05, 3.63) is 242 Å². The smallest absolute Gasteiger partial charge is 0.0542 e. The van der Waals surface area contributed by atoms with Crippen molar-refractivity contribution in [1.29, 1.82) is 0 Å². The molecule has 0 aliphatic heterocycles. The van der Waals surface area contributed by atoms with Gasteiger partial charge in [0, 0.05) is 67.6 Å². The first-order valence-electron chi connectivity index (χ1n) is 20.5. The van der Waals surface area contributed by atoms with E-state index in [2.05, 4.69) is 264 Å². The van der Waals surface area contributed by atoms with Crippen LogP contribution in [0.5, 0.6) is 0 Å². The second-order valence-electron chi connectivity index (χ2n) is 15.3. The van der Waals surface area contributed by atoms with Gasteiger partial charge in [-0.05, 0) is 158 Å². The molecule has 0 atom stereocenters. The van der Waals surface area contributed by atoms with Crippen LogP contribution in [-0.4, -0.2) is 4.57 Å². The summed E-state index contributed by atoms with van der Waals surface area (Å²) in [5.74, 6) is 0. The Morgan fingerprint density at radius 2 is 0.567 bits per heavy atom. The van der Waals surface area contributed by atoms with Gasteiger partial charge in [-0.15, -0.1) is 0 Å². The van der Waals surface area contributed by atoms with Crippen molar-refractivity contribution in [2.24, 2.45) is 0 Å². The minimum absolute atomic E-state index is 1.09. The summed E-state index contributed by atoms with van der Waals surface area (Å²) in [7, 11) is 0. The molecule has 288 valence electrons. The molecule has 1 heterocycles. The number of aromatic nitrogens is 1. The van der Waals surface area contributed by atoms with Crippen molar-refractivity contribution in [3.8, 4) is 5.69 Å². The first-order valence-corrected chi connectivity index (χ1v) is 20.5. The summed E-state index contributed by atoms with van der Waals surface area (Å²) in [6.07, 6.45) is 0. The van der Waals surface area contributed by atoms with Gasteiger partial charge in [0.1, 0.15) is 0 Å². The maximum Gasteiger partial charge on any atom is 0.0542 e. The number of nitrogens with zero attached hydrogens (tertiary/aromatic N) is 4. The molecule has 0 N–H and O–H groups in total. The molecule has 0 unspecified atom stereocenters. The number of para-hydroxylation sites is 4. The van der Waals surface area contributed by atoms with Crippen molar-refractivity contribution < 1.29 is 0 Å². The predicted molar refractivity (Wildman–Crippen MR) is 254 cm³/mol. The van der Waals surface area contributed by atoms with Crippen LogP contribution in [0.15, 0.2) is 231 Å². The molecule has 10 aromatic rings. The third-order valence-corrected chi connectivity index (χ3v) is 11.2. The zero-order chi connectivity index (χ0) is 40.4. The van der Waals surface area contributed by atoms with Crippen LogP contribution in [0.2, 0.25) is 0 Å². The van der Waals surface area contributed by atoms with Crippen LogP contribution in [0.3, 0.4) is 0 Å². The van der Waals surface area contributed by atoms with Crippen LogP contribution >= 0.6 is 0 Å². The molecule has 0 aliphatic carbocycles. The lowest BCUT2D eigenvalue weighted by atomic mass is 10.1. The summed E-state index contributed by atoms with van der Waals surface area (Å²) in [6, 6.07) is 82.8. The van der Waals surface area contributed by atoms with Crippen LogP contribution in [0.25, 0.3) is 27.5 Å². The average molecular weight is 773 g/mol. The van der Waals surface area contributed by atoms with Crippen LogP contribution < -0.4 is 14.7 Å². The van der Waals surface area contributed by atoms with E-state index in [9.17, 15) is 0 Å². The van der Waals surface area contributed by atoms with Gasteiger partial charge in [-0.3, -0.25) is 0 Å². The van der Waals surface area contributed by atoms with Crippen LogP contribution in [-0.2, 0) is 0 Å². The molecular weight excluding hydrogens is 729 g/mol. The first-order chi connectivity index (χ1) is 29.6. The molecule has 9 aromatic carbocycles. The summed E-state index contributed by atoms with van der Waals surface area (Å²) < 4.78 is 2.41. The molecule has 0 fully saturated rings. The Morgan fingerprint density at radius 1 is 0.267 bits per heavy atom. The van der Waals surface area contributed by atoms with E-state index in [0.29, 0.717) is 0 Å². The van der Waals surface area contributed by atoms with Crippen molar-refractivity contribution in [2.75, 3.05) is 14.7 Å². The molecule has 0 radical (unpaired) electrons. The van der Waals surface area contributed by atoms with E-state index in [1.807, 2.05) is 0 Å². The number of benzene rings is 9. The molecule has 0 aliphatic rings. The Bertz CT molecular complexity index is 2860. The third-order valence-electron chi connectivity index (χ3n) is 11.2. The maximum atomic E-state index is 2.41. The van der Waals surface area contributed by atoms with E-state index in [1.54, 1.807) is 0 Å². The summed E-state index contributed by atoms with van der Waals surface area (Å²) in [5, 5.41) is 2.35. The first kappa shape index (κ1) is 36.5. The minimum atomic E-state index is 1.09. The molecular formula is C56H44N4. The van der Waals surface area contributed by atoms with Crippen LogP contribution in [0.1, 0.15) is 11.1 Å². The van der Waals surface area contributed by atoms with Gasteiger partial charge in [0.15, 0.2) is 0 Å². The van der Waals surface area contributed by atoms with Crippen molar-refractivity contribution in [1.82, 2.24) is 4.57 Å². The SMILES string of the molecule is Cc1cccc(N(c2ccccc2)c2ccc3c(c2)c2cc(N(c4ccccc4)c4cccc(C)c4)ccc2n3-c2ccc(N(c3ccccc3)c3ccccc3)cc2)c1. The van der Waals surface area contributed by atoms with E-state index in [0.717, 1.165) is 67.9 Å². The van der Waals surface area contributed by atoms with Gasteiger partial charge in [0.25, 0.3) is 0 Å². The molecule has 0 spiro atoms. The molecule has 1 aromatic heterocycles. The van der Waals surface area contributed by atoms with Gasteiger partial charge < -0.3 is 19.3 Å². The fourth-order valence-corrected chi connectivity index (χ4v) is 8.49. The van der Waals surface area contributed by atoms with E-state index in [-0.39, 0.29) is 0 Å². The quantitative estimate of drug-likeness (QED) is 0.138. The number of hydrogen-bond acceptors (Lipinski definition) is 3. The molecule has 4 heteroatoms. The summed E-state index contributed by atoms with van der Waals surface area (Å²) in [4.78, 5) is 7.03. The fourth-order valence-electron chi connectivity index (χ4n) is 8.49. The molecule has 0 bridgehead atoms. The van der Waals surface area contributed by atoms with E-state index < -0.39 is 0 Å². The van der Waals surface area contributed by atoms with Gasteiger partial charge in [-0.2, -0.15) is 0 Å². The number of rotatable bonds is 10. The lowest BCUT2D eigenvalue weighted by Crippen LogP contribution is -2.10. The topological polar surface area (TPSA) is 14.7 Å². The van der Waals surface area contributed by atoms with E-state index in [4.69, 9.17) is 0 Å². The highest BCUT2D eigenvalue weighted by Gasteiger charge is 2.21. The number of anilines is 9. The van der Waals surface area contributed by atoms with Gasteiger partial charge in [-0.1, -0.05) is 97.1 Å². The maximum absolute atomic E-state index is 2.41. The van der Waals surface area contributed by atoms with Gasteiger partial charge in [0.2, 0.25) is 0 Å². The van der Waals surface area contributed by atoms with Crippen molar-refractivity contribution in [2.45, 2.75) is 13.8 Å². The van der Waals surface area contributed by atoms with Crippen molar-refractivity contribution >= 4 is 73.0 Å². The molecule has 10 rings (SSSR count). The molecule has 0 saturated heterocycles. The molecule has 0 amide bonds. The Labute approximate surface area is 352 Å². The largest absolute Gasteiger partial charge is 0.311 e. The Morgan fingerprint density at radius 3 is 0.933 bits per heavy atom.